The molecule has 1 saturated heterocycles. The van der Waals surface area contributed by atoms with Gasteiger partial charge in [0.1, 0.15) is 18.7 Å². The molecule has 2 aromatic carbocycles. The zero-order chi connectivity index (χ0) is 38.6. The monoisotopic (exact) mass is 741 g/mol. The highest BCUT2D eigenvalue weighted by Gasteiger charge is 2.37. The zero-order valence-electron chi connectivity index (χ0n) is 30.2. The molecular formula is C36H48N6O9S. The maximum atomic E-state index is 13.6. The third-order valence-corrected chi connectivity index (χ3v) is 9.06. The standard InChI is InChI=1S/C36H48N6O9S/c1-52-30-22-33(46)42(36(30)49)18-14-31(44)38-17-20-50-19-15-32(45)40-29(21-25-7-3-2-4-8-25)35(48)41-28(9-5-6-16-37)34(47)39-27-12-10-26(11-13-27)23-51-24-43/h2-4,7-8,10-13,24,28-30H,5-6,9,14-23,37H2,1H3,(H,38,44)(H,39,47)(H,40,45)(H,41,48)/t28-,29-,30?/m0/s1/i24D. The maximum Gasteiger partial charge on any atom is 0.293 e. The molecule has 0 spiro atoms. The maximum absolute atomic E-state index is 13.6. The summed E-state index contributed by atoms with van der Waals surface area (Å²) in [7, 11) is 0. The highest BCUT2D eigenvalue weighted by molar-refractivity contribution is 8.00. The summed E-state index contributed by atoms with van der Waals surface area (Å²) in [5.74, 6) is -2.36. The van der Waals surface area contributed by atoms with Crippen LogP contribution in [0.4, 0.5) is 5.69 Å². The van der Waals surface area contributed by atoms with Crippen molar-refractivity contribution in [3.05, 3.63) is 65.7 Å². The van der Waals surface area contributed by atoms with Crippen LogP contribution in [0.5, 0.6) is 0 Å². The molecule has 15 nitrogen and oxygen atoms in total. The van der Waals surface area contributed by atoms with Crippen LogP contribution in [0.25, 0.3) is 0 Å². The molecule has 1 aliphatic heterocycles. The minimum Gasteiger partial charge on any atom is -0.463 e. The van der Waals surface area contributed by atoms with Gasteiger partial charge in [-0.2, -0.15) is 11.8 Å². The number of hydrogen-bond donors (Lipinski definition) is 5. The summed E-state index contributed by atoms with van der Waals surface area (Å²) in [4.78, 5) is 88.3. The topological polar surface area (TPSA) is 215 Å². The first-order chi connectivity index (χ1) is 25.5. The van der Waals surface area contributed by atoms with Gasteiger partial charge in [0.05, 0.1) is 18.5 Å². The van der Waals surface area contributed by atoms with E-state index in [4.69, 9.17) is 11.8 Å². The van der Waals surface area contributed by atoms with Gasteiger partial charge in [-0.3, -0.25) is 38.5 Å². The van der Waals surface area contributed by atoms with E-state index in [-0.39, 0.29) is 76.3 Å². The van der Waals surface area contributed by atoms with Gasteiger partial charge in [0.25, 0.3) is 6.45 Å². The van der Waals surface area contributed by atoms with Crippen molar-refractivity contribution in [3.63, 3.8) is 0 Å². The molecule has 16 heteroatoms. The SMILES string of the molecule is [2H]C(=O)OCc1ccc(NC(=O)[C@H](CCCCN)NC(=O)[C@H](Cc2ccccc2)NC(=O)CCOCCNC(=O)CCN2C(=O)CC(SC)C2=O)cc1. The largest absolute Gasteiger partial charge is 0.463 e. The van der Waals surface area contributed by atoms with E-state index in [1.54, 1.807) is 30.5 Å². The van der Waals surface area contributed by atoms with E-state index in [1.807, 2.05) is 30.3 Å². The first kappa shape index (κ1) is 40.0. The molecule has 2 aromatic rings. The summed E-state index contributed by atoms with van der Waals surface area (Å²) in [6.07, 6.45) is 2.32. The molecule has 6 amide bonds. The Labute approximate surface area is 308 Å². The van der Waals surface area contributed by atoms with Crippen molar-refractivity contribution in [2.24, 2.45) is 5.73 Å². The van der Waals surface area contributed by atoms with Crippen LogP contribution in [0.15, 0.2) is 54.6 Å². The van der Waals surface area contributed by atoms with Gasteiger partial charge in [-0.05, 0) is 55.3 Å². The molecule has 1 heterocycles. The fourth-order valence-corrected chi connectivity index (χ4v) is 5.93. The number of anilines is 1. The van der Waals surface area contributed by atoms with Crippen LogP contribution in [-0.4, -0.2) is 103 Å². The summed E-state index contributed by atoms with van der Waals surface area (Å²) in [5, 5.41) is 10.6. The lowest BCUT2D eigenvalue weighted by Crippen LogP contribution is -2.53. The van der Waals surface area contributed by atoms with Gasteiger partial charge >= 0.3 is 0 Å². The van der Waals surface area contributed by atoms with Gasteiger partial charge in [-0.1, -0.05) is 42.5 Å². The minimum absolute atomic E-state index is 0.0155. The number of unbranched alkanes of at least 4 members (excludes halogenated alkanes) is 1. The summed E-state index contributed by atoms with van der Waals surface area (Å²) in [6.45, 7) is 0.638. The summed E-state index contributed by atoms with van der Waals surface area (Å²) >= 11 is 1.31. The molecule has 0 radical (unpaired) electrons. The highest BCUT2D eigenvalue weighted by atomic mass is 32.2. The summed E-state index contributed by atoms with van der Waals surface area (Å²) in [6, 6.07) is 13.7. The second kappa shape index (κ2) is 22.9. The molecule has 0 saturated carbocycles. The third kappa shape index (κ3) is 14.4. The molecule has 0 aromatic heterocycles. The summed E-state index contributed by atoms with van der Waals surface area (Å²) < 4.78 is 17.0. The van der Waals surface area contributed by atoms with Crippen LogP contribution < -0.4 is 27.0 Å². The molecule has 6 N–H and O–H groups in total. The van der Waals surface area contributed by atoms with Crippen LogP contribution in [0.2, 0.25) is 0 Å². The molecule has 52 heavy (non-hydrogen) atoms. The first-order valence-corrected chi connectivity index (χ1v) is 18.4. The number of benzene rings is 2. The predicted molar refractivity (Wildman–Crippen MR) is 195 cm³/mol. The number of carbonyl (C=O) groups excluding carboxylic acids is 7. The Morgan fingerprint density at radius 2 is 1.71 bits per heavy atom. The number of amides is 6. The Kier molecular flexibility index (Phi) is 17.6. The minimum atomic E-state index is -1.15. The van der Waals surface area contributed by atoms with Crippen LogP contribution in [0, 0.1) is 0 Å². The molecule has 1 unspecified atom stereocenters. The van der Waals surface area contributed by atoms with Gasteiger partial charge in [0.15, 0.2) is 1.37 Å². The number of ether oxygens (including phenoxy) is 2. The van der Waals surface area contributed by atoms with Crippen LogP contribution in [0.1, 0.15) is 51.0 Å². The molecule has 3 rings (SSSR count). The van der Waals surface area contributed by atoms with Gasteiger partial charge in [-0.25, -0.2) is 0 Å². The lowest BCUT2D eigenvalue weighted by Gasteiger charge is -2.23. The van der Waals surface area contributed by atoms with Crippen molar-refractivity contribution in [1.82, 2.24) is 20.9 Å². The van der Waals surface area contributed by atoms with Crippen molar-refractivity contribution < 1.29 is 44.4 Å². The van der Waals surface area contributed by atoms with Crippen LogP contribution in [-0.2, 0) is 56.1 Å². The first-order valence-electron chi connectivity index (χ1n) is 17.6. The van der Waals surface area contributed by atoms with Crippen molar-refractivity contribution >= 4 is 59.3 Å². The third-order valence-electron chi connectivity index (χ3n) is 8.13. The van der Waals surface area contributed by atoms with E-state index in [2.05, 4.69) is 26.0 Å². The Bertz CT molecular complexity index is 1550. The fraction of sp³-hybridized carbons (Fsp3) is 0.472. The molecular weight excluding hydrogens is 692 g/mol. The highest BCUT2D eigenvalue weighted by Crippen LogP contribution is 2.23. The van der Waals surface area contributed by atoms with E-state index in [0.29, 0.717) is 37.1 Å². The lowest BCUT2D eigenvalue weighted by atomic mass is 10.0. The number of hydrogen-bond acceptors (Lipinski definition) is 11. The molecule has 3 atom stereocenters. The quantitative estimate of drug-likeness (QED) is 0.0617. The number of nitrogens with two attached hydrogens (primary N) is 1. The van der Waals surface area contributed by atoms with E-state index in [1.165, 1.54) is 11.8 Å². The van der Waals surface area contributed by atoms with Crippen LogP contribution in [0.3, 0.4) is 0 Å². The normalized spacial score (nSPS) is 15.3. The Morgan fingerprint density at radius 1 is 0.962 bits per heavy atom. The number of likely N-dealkylation sites (tertiary alicyclic amines) is 1. The average molecular weight is 742 g/mol. The van der Waals surface area contributed by atoms with Gasteiger partial charge in [0, 0.05) is 44.5 Å². The molecule has 1 aliphatic rings. The molecule has 0 aliphatic carbocycles. The number of rotatable bonds is 23. The Morgan fingerprint density at radius 3 is 2.38 bits per heavy atom. The smallest absolute Gasteiger partial charge is 0.293 e. The number of imide groups is 1. The van der Waals surface area contributed by atoms with Crippen molar-refractivity contribution in [3.8, 4) is 0 Å². The van der Waals surface area contributed by atoms with Gasteiger partial charge in [0.2, 0.25) is 35.4 Å². The van der Waals surface area contributed by atoms with Crippen LogP contribution >= 0.6 is 11.8 Å². The fourth-order valence-electron chi connectivity index (χ4n) is 5.29. The van der Waals surface area contributed by atoms with Gasteiger partial charge in [-0.15, -0.1) is 0 Å². The number of carbonyl (C=O) groups is 7. The molecule has 0 bridgehead atoms. The van der Waals surface area contributed by atoms with Crippen molar-refractivity contribution in [2.45, 2.75) is 68.9 Å². The van der Waals surface area contributed by atoms with E-state index < -0.39 is 41.5 Å². The van der Waals surface area contributed by atoms with Gasteiger partial charge < -0.3 is 36.5 Å². The van der Waals surface area contributed by atoms with Crippen molar-refractivity contribution in [1.29, 1.82) is 0 Å². The zero-order valence-corrected chi connectivity index (χ0v) is 30.0. The number of nitrogens with one attached hydrogen (secondary N) is 4. The second-order valence-corrected chi connectivity index (χ2v) is 13.0. The second-order valence-electron chi connectivity index (χ2n) is 12.0. The van der Waals surface area contributed by atoms with E-state index >= 15 is 0 Å². The van der Waals surface area contributed by atoms with Crippen molar-refractivity contribution in [2.75, 3.05) is 44.4 Å². The number of thioether (sulfide) groups is 1. The predicted octanol–water partition coefficient (Wildman–Crippen LogP) is 1.04. The molecule has 1 fully saturated rings. The van der Waals surface area contributed by atoms with E-state index in [0.717, 1.165) is 10.5 Å². The lowest BCUT2D eigenvalue weighted by molar-refractivity contribution is -0.138. The van der Waals surface area contributed by atoms with E-state index in [9.17, 15) is 33.6 Å². The number of nitrogens with zero attached hydrogens (tertiary/aromatic N) is 1. The summed E-state index contributed by atoms with van der Waals surface area (Å²) in [5.41, 5.74) is 7.53. The Balaban J connectivity index is 1.50. The Hall–Kier alpha value is -4.80. The molecule has 282 valence electrons. The average Bonchev–Trinajstić information content (AvgIpc) is 3.42.